The van der Waals surface area contributed by atoms with Crippen LogP contribution in [0.25, 0.3) is 0 Å². The minimum Gasteiger partial charge on any atom is -0.394 e. The second-order valence-electron chi connectivity index (χ2n) is 20.7. The summed E-state index contributed by atoms with van der Waals surface area (Å²) < 4.78 is 0. The maximum atomic E-state index is 12.5. The van der Waals surface area contributed by atoms with E-state index in [-0.39, 0.29) is 12.5 Å². The van der Waals surface area contributed by atoms with Gasteiger partial charge in [0.25, 0.3) is 0 Å². The maximum absolute atomic E-state index is 12.5. The standard InChI is InChI=1S/C67H119NO3/c1-3-5-7-9-11-13-15-17-19-21-23-25-27-29-30-31-32-33-34-35-36-37-38-39-41-43-45-47-49-51-53-55-57-59-61-63-67(71)68-65(64-69)66(70)62-60-58-56-54-52-50-48-46-44-42-40-28-26-24-22-20-18-16-14-12-10-8-6-4-2/h5,7,11,13,17,19,23,25,29-30,32-33,35-36,60,62,65-66,69-70H,3-4,6,8-10,12,14-16,18,20-22,24,26-28,31,34,37-59,61,63-64H2,1-2H3,(H,68,71)/b7-5-,13-11-,19-17-,25-23-,30-29-,33-32-,36-35-,62-60+. The van der Waals surface area contributed by atoms with Gasteiger partial charge in [0.1, 0.15) is 0 Å². The van der Waals surface area contributed by atoms with Gasteiger partial charge >= 0.3 is 0 Å². The van der Waals surface area contributed by atoms with E-state index in [1.54, 1.807) is 6.08 Å². The summed E-state index contributed by atoms with van der Waals surface area (Å²) >= 11 is 0. The van der Waals surface area contributed by atoms with E-state index in [4.69, 9.17) is 0 Å². The average Bonchev–Trinajstić information content (AvgIpc) is 3.37. The highest BCUT2D eigenvalue weighted by molar-refractivity contribution is 5.76. The molecule has 0 aromatic rings. The lowest BCUT2D eigenvalue weighted by Crippen LogP contribution is -2.45. The van der Waals surface area contributed by atoms with Crippen LogP contribution in [0.15, 0.2) is 97.2 Å². The Hall–Kier alpha value is -2.69. The van der Waals surface area contributed by atoms with Crippen LogP contribution in [0.5, 0.6) is 0 Å². The van der Waals surface area contributed by atoms with Crippen LogP contribution in [0.2, 0.25) is 0 Å². The number of allylic oxidation sites excluding steroid dienone is 15. The average molecular weight is 987 g/mol. The van der Waals surface area contributed by atoms with Crippen molar-refractivity contribution in [2.75, 3.05) is 6.61 Å². The minimum atomic E-state index is -0.846. The van der Waals surface area contributed by atoms with Crippen molar-refractivity contribution >= 4 is 5.91 Å². The van der Waals surface area contributed by atoms with Gasteiger partial charge in [-0.1, -0.05) is 317 Å². The molecule has 0 aromatic carbocycles. The molecule has 0 heterocycles. The first-order chi connectivity index (χ1) is 35.2. The number of hydrogen-bond donors (Lipinski definition) is 3. The molecule has 0 aliphatic heterocycles. The number of rotatable bonds is 56. The Morgan fingerprint density at radius 3 is 0.930 bits per heavy atom. The number of carbonyl (C=O) groups excluding carboxylic acids is 1. The third-order valence-electron chi connectivity index (χ3n) is 13.8. The number of amides is 1. The molecular weight excluding hydrogens is 867 g/mol. The van der Waals surface area contributed by atoms with Gasteiger partial charge in [0, 0.05) is 6.42 Å². The van der Waals surface area contributed by atoms with Crippen LogP contribution in [0.4, 0.5) is 0 Å². The van der Waals surface area contributed by atoms with E-state index in [1.165, 1.54) is 212 Å². The highest BCUT2D eigenvalue weighted by atomic mass is 16.3. The number of nitrogens with one attached hydrogen (secondary N) is 1. The Labute approximate surface area is 443 Å². The number of hydrogen-bond acceptors (Lipinski definition) is 3. The summed E-state index contributed by atoms with van der Waals surface area (Å²) in [5.74, 6) is -0.0654. The van der Waals surface area contributed by atoms with Crippen LogP contribution < -0.4 is 5.32 Å². The van der Waals surface area contributed by atoms with Gasteiger partial charge in [-0.15, -0.1) is 0 Å². The highest BCUT2D eigenvalue weighted by Gasteiger charge is 2.18. The van der Waals surface area contributed by atoms with E-state index in [9.17, 15) is 15.0 Å². The Bertz CT molecular complexity index is 1300. The van der Waals surface area contributed by atoms with Crippen LogP contribution in [-0.2, 0) is 4.79 Å². The molecule has 4 heteroatoms. The topological polar surface area (TPSA) is 69.6 Å². The maximum Gasteiger partial charge on any atom is 0.220 e. The zero-order chi connectivity index (χ0) is 51.3. The first kappa shape index (κ1) is 68.3. The second-order valence-corrected chi connectivity index (χ2v) is 20.7. The third kappa shape index (κ3) is 58.1. The lowest BCUT2D eigenvalue weighted by molar-refractivity contribution is -0.123. The summed E-state index contributed by atoms with van der Waals surface area (Å²) in [6.45, 7) is 4.22. The molecule has 0 aromatic heterocycles. The molecule has 0 aliphatic rings. The van der Waals surface area contributed by atoms with E-state index in [0.717, 1.165) is 70.6 Å². The Kier molecular flexibility index (Phi) is 59.3. The van der Waals surface area contributed by atoms with Crippen LogP contribution >= 0.6 is 0 Å². The first-order valence-electron chi connectivity index (χ1n) is 31.0. The van der Waals surface area contributed by atoms with Gasteiger partial charge in [-0.25, -0.2) is 0 Å². The molecular formula is C67H119NO3. The zero-order valence-electron chi connectivity index (χ0n) is 47.2. The predicted octanol–water partition coefficient (Wildman–Crippen LogP) is 20.9. The van der Waals surface area contributed by atoms with E-state index in [1.807, 2.05) is 6.08 Å². The zero-order valence-corrected chi connectivity index (χ0v) is 47.2. The molecule has 0 fully saturated rings. The summed E-state index contributed by atoms with van der Waals surface area (Å²) in [5.41, 5.74) is 0. The lowest BCUT2D eigenvalue weighted by atomic mass is 10.0. The minimum absolute atomic E-state index is 0.0654. The molecule has 0 spiro atoms. The van der Waals surface area contributed by atoms with E-state index in [2.05, 4.69) is 104 Å². The molecule has 2 atom stereocenters. The van der Waals surface area contributed by atoms with Gasteiger partial charge in [-0.3, -0.25) is 4.79 Å². The number of aliphatic hydroxyl groups is 2. The molecule has 0 rings (SSSR count). The van der Waals surface area contributed by atoms with Crippen molar-refractivity contribution in [1.29, 1.82) is 0 Å². The van der Waals surface area contributed by atoms with E-state index < -0.39 is 12.1 Å². The normalized spacial score (nSPS) is 13.5. The molecule has 1 amide bonds. The van der Waals surface area contributed by atoms with E-state index >= 15 is 0 Å². The van der Waals surface area contributed by atoms with Gasteiger partial charge in [0.2, 0.25) is 5.91 Å². The van der Waals surface area contributed by atoms with Crippen molar-refractivity contribution in [2.45, 2.75) is 315 Å². The fourth-order valence-corrected chi connectivity index (χ4v) is 9.16. The van der Waals surface area contributed by atoms with Crippen LogP contribution in [0.1, 0.15) is 303 Å². The summed E-state index contributed by atoms with van der Waals surface area (Å²) in [6, 6.07) is -0.629. The van der Waals surface area contributed by atoms with Crippen LogP contribution in [-0.4, -0.2) is 34.9 Å². The van der Waals surface area contributed by atoms with Gasteiger partial charge in [0.15, 0.2) is 0 Å². The molecule has 0 saturated heterocycles. The van der Waals surface area contributed by atoms with Crippen molar-refractivity contribution in [1.82, 2.24) is 5.32 Å². The van der Waals surface area contributed by atoms with Gasteiger partial charge in [0.05, 0.1) is 18.8 Å². The summed E-state index contributed by atoms with van der Waals surface area (Å²) in [6.07, 6.45) is 91.6. The molecule has 0 aliphatic carbocycles. The summed E-state index contributed by atoms with van der Waals surface area (Å²) in [7, 11) is 0. The molecule has 410 valence electrons. The van der Waals surface area contributed by atoms with Crippen molar-refractivity contribution < 1.29 is 15.0 Å². The second kappa shape index (κ2) is 61.6. The first-order valence-corrected chi connectivity index (χ1v) is 31.0. The van der Waals surface area contributed by atoms with Gasteiger partial charge < -0.3 is 15.5 Å². The molecule has 0 bridgehead atoms. The predicted molar refractivity (Wildman–Crippen MR) is 317 cm³/mol. The van der Waals surface area contributed by atoms with Gasteiger partial charge in [-0.05, 0) is 77.0 Å². The molecule has 2 unspecified atom stereocenters. The molecule has 0 saturated carbocycles. The number of carbonyl (C=O) groups is 1. The Morgan fingerprint density at radius 2 is 0.620 bits per heavy atom. The summed E-state index contributed by atoms with van der Waals surface area (Å²) in [5, 5.41) is 23.2. The molecule has 0 radical (unpaired) electrons. The van der Waals surface area contributed by atoms with Gasteiger partial charge in [-0.2, -0.15) is 0 Å². The summed E-state index contributed by atoms with van der Waals surface area (Å²) in [4.78, 5) is 12.5. The lowest BCUT2D eigenvalue weighted by Gasteiger charge is -2.20. The van der Waals surface area contributed by atoms with Crippen molar-refractivity contribution in [3.05, 3.63) is 97.2 Å². The van der Waals surface area contributed by atoms with Crippen molar-refractivity contribution in [2.24, 2.45) is 0 Å². The third-order valence-corrected chi connectivity index (χ3v) is 13.8. The smallest absolute Gasteiger partial charge is 0.220 e. The van der Waals surface area contributed by atoms with Crippen LogP contribution in [0.3, 0.4) is 0 Å². The molecule has 4 nitrogen and oxygen atoms in total. The Balaban J connectivity index is 3.53. The molecule has 3 N–H and O–H groups in total. The van der Waals surface area contributed by atoms with E-state index in [0.29, 0.717) is 6.42 Å². The largest absolute Gasteiger partial charge is 0.394 e. The molecule has 71 heavy (non-hydrogen) atoms. The quantitative estimate of drug-likeness (QED) is 0.0420. The fraction of sp³-hybridized carbons (Fsp3) is 0.746. The SMILES string of the molecule is CC/C=C\C/C=C\C/C=C\C/C=C\C/C=C\C/C=C\C/C=C\CCCCCCCCCCCCCCCC(=O)NC(CO)C(O)/C=C/CCCCCCCCCCCCCCCCCCCCCCCC. The Morgan fingerprint density at radius 1 is 0.352 bits per heavy atom. The monoisotopic (exact) mass is 986 g/mol. The van der Waals surface area contributed by atoms with Crippen LogP contribution in [0, 0.1) is 0 Å². The van der Waals surface area contributed by atoms with Crippen molar-refractivity contribution in [3.63, 3.8) is 0 Å². The number of unbranched alkanes of at least 4 members (excludes halogenated alkanes) is 35. The van der Waals surface area contributed by atoms with Crippen molar-refractivity contribution in [3.8, 4) is 0 Å². The highest BCUT2D eigenvalue weighted by Crippen LogP contribution is 2.17. The number of aliphatic hydroxyl groups excluding tert-OH is 2. The fourth-order valence-electron chi connectivity index (χ4n) is 9.16.